The van der Waals surface area contributed by atoms with Crippen LogP contribution >= 0.6 is 0 Å². The maximum Gasteiger partial charge on any atom is 0.147 e. The lowest BCUT2D eigenvalue weighted by Crippen LogP contribution is -2.46. The Hall–Kier alpha value is -1.15. The van der Waals surface area contributed by atoms with E-state index in [1.165, 1.54) is 5.56 Å². The minimum absolute atomic E-state index is 0.376. The van der Waals surface area contributed by atoms with E-state index in [1.54, 1.807) is 0 Å². The highest BCUT2D eigenvalue weighted by atomic mass is 16.1. The summed E-state index contributed by atoms with van der Waals surface area (Å²) in [7, 11) is 0. The zero-order valence-corrected chi connectivity index (χ0v) is 10.0. The number of rotatable bonds is 2. The molecule has 0 saturated carbocycles. The lowest BCUT2D eigenvalue weighted by molar-refractivity contribution is -0.125. The van der Waals surface area contributed by atoms with Gasteiger partial charge in [-0.2, -0.15) is 0 Å². The fourth-order valence-electron chi connectivity index (χ4n) is 2.34. The number of ketones is 1. The molecule has 1 heterocycles. The molecule has 1 saturated heterocycles. The molecule has 2 nitrogen and oxygen atoms in total. The van der Waals surface area contributed by atoms with Crippen LogP contribution in [0, 0.1) is 5.92 Å². The Balaban J connectivity index is 2.06. The van der Waals surface area contributed by atoms with Crippen molar-refractivity contribution >= 4 is 5.78 Å². The summed E-state index contributed by atoms with van der Waals surface area (Å²) >= 11 is 0. The van der Waals surface area contributed by atoms with Crippen LogP contribution in [0.3, 0.4) is 0 Å². The Morgan fingerprint density at radius 1 is 1.25 bits per heavy atom. The Morgan fingerprint density at radius 2 is 1.94 bits per heavy atom. The summed E-state index contributed by atoms with van der Waals surface area (Å²) in [6, 6.07) is 10.9. The summed E-state index contributed by atoms with van der Waals surface area (Å²) in [6.07, 6.45) is 0.743. The molecule has 0 bridgehead atoms. The van der Waals surface area contributed by atoms with Crippen molar-refractivity contribution in [1.82, 2.24) is 4.90 Å². The van der Waals surface area contributed by atoms with Gasteiger partial charge in [0.1, 0.15) is 5.78 Å². The molecule has 1 aliphatic rings. The summed E-state index contributed by atoms with van der Waals surface area (Å²) in [5, 5.41) is 0. The number of likely N-dealkylation sites (tertiary alicyclic amines) is 1. The smallest absolute Gasteiger partial charge is 0.147 e. The van der Waals surface area contributed by atoms with Gasteiger partial charge in [-0.1, -0.05) is 37.3 Å². The molecule has 2 rings (SSSR count). The molecule has 0 aliphatic carbocycles. The van der Waals surface area contributed by atoms with Crippen LogP contribution in [0.2, 0.25) is 0 Å². The molecule has 0 N–H and O–H groups in total. The third kappa shape index (κ3) is 2.50. The Morgan fingerprint density at radius 3 is 2.62 bits per heavy atom. The average molecular weight is 217 g/mol. The van der Waals surface area contributed by atoms with E-state index < -0.39 is 0 Å². The van der Waals surface area contributed by atoms with Gasteiger partial charge in [0.2, 0.25) is 0 Å². The molecule has 86 valence electrons. The molecule has 2 atom stereocenters. The fourth-order valence-corrected chi connectivity index (χ4v) is 2.34. The number of hydrogen-bond acceptors (Lipinski definition) is 2. The van der Waals surface area contributed by atoms with Gasteiger partial charge in [-0.3, -0.25) is 9.69 Å². The first-order valence-electron chi connectivity index (χ1n) is 5.96. The Kier molecular flexibility index (Phi) is 3.39. The molecule has 0 unspecified atom stereocenters. The van der Waals surface area contributed by atoms with Crippen LogP contribution in [-0.4, -0.2) is 23.3 Å². The number of carbonyl (C=O) groups is 1. The normalized spacial score (nSPS) is 27.0. The summed E-state index contributed by atoms with van der Waals surface area (Å²) in [6.45, 7) is 5.89. The predicted molar refractivity (Wildman–Crippen MR) is 65.1 cm³/mol. The predicted octanol–water partition coefficient (Wildman–Crippen LogP) is 2.49. The molecule has 1 fully saturated rings. The van der Waals surface area contributed by atoms with Gasteiger partial charge < -0.3 is 0 Å². The molecular weight excluding hydrogens is 198 g/mol. The maximum absolute atomic E-state index is 11.6. The van der Waals surface area contributed by atoms with E-state index in [9.17, 15) is 4.79 Å². The van der Waals surface area contributed by atoms with Crippen molar-refractivity contribution in [3.8, 4) is 0 Å². The number of nitrogens with zero attached hydrogens (tertiary/aromatic N) is 1. The first-order chi connectivity index (χ1) is 7.66. The molecule has 0 radical (unpaired) electrons. The van der Waals surface area contributed by atoms with Gasteiger partial charge >= 0.3 is 0 Å². The van der Waals surface area contributed by atoms with Crippen LogP contribution in [0.25, 0.3) is 0 Å². The van der Waals surface area contributed by atoms with Gasteiger partial charge in [-0.15, -0.1) is 0 Å². The SMILES string of the molecule is C[C@@H]1CC(=O)CN(Cc2ccccc2)[C@@H]1C. The highest BCUT2D eigenvalue weighted by Gasteiger charge is 2.29. The van der Waals surface area contributed by atoms with Crippen molar-refractivity contribution in [2.45, 2.75) is 32.9 Å². The van der Waals surface area contributed by atoms with E-state index in [1.807, 2.05) is 6.07 Å². The second kappa shape index (κ2) is 4.79. The van der Waals surface area contributed by atoms with Gasteiger partial charge in [0, 0.05) is 19.0 Å². The largest absolute Gasteiger partial charge is 0.298 e. The summed E-state index contributed by atoms with van der Waals surface area (Å²) < 4.78 is 0. The van der Waals surface area contributed by atoms with E-state index >= 15 is 0 Å². The topological polar surface area (TPSA) is 20.3 Å². The molecule has 16 heavy (non-hydrogen) atoms. The van der Waals surface area contributed by atoms with Crippen molar-refractivity contribution < 1.29 is 4.79 Å². The Bertz CT molecular complexity index is 360. The molecule has 0 amide bonds. The first-order valence-corrected chi connectivity index (χ1v) is 5.96. The number of hydrogen-bond donors (Lipinski definition) is 0. The highest BCUT2D eigenvalue weighted by Crippen LogP contribution is 2.22. The number of Topliss-reactive ketones (excluding diaryl/α,β-unsaturated/α-hetero) is 1. The van der Waals surface area contributed by atoms with E-state index in [0.717, 1.165) is 13.0 Å². The van der Waals surface area contributed by atoms with Gasteiger partial charge in [-0.25, -0.2) is 0 Å². The molecule has 1 aromatic rings. The van der Waals surface area contributed by atoms with Crippen LogP contribution in [0.1, 0.15) is 25.8 Å². The Labute approximate surface area is 97.3 Å². The third-order valence-electron chi connectivity index (χ3n) is 3.56. The summed E-state index contributed by atoms with van der Waals surface area (Å²) in [4.78, 5) is 13.9. The van der Waals surface area contributed by atoms with Gasteiger partial charge in [-0.05, 0) is 18.4 Å². The zero-order chi connectivity index (χ0) is 11.5. The molecule has 0 aromatic heterocycles. The van der Waals surface area contributed by atoms with Crippen LogP contribution in [0.5, 0.6) is 0 Å². The first kappa shape index (κ1) is 11.3. The lowest BCUT2D eigenvalue weighted by atomic mass is 9.91. The monoisotopic (exact) mass is 217 g/mol. The van der Waals surface area contributed by atoms with Crippen molar-refractivity contribution in [1.29, 1.82) is 0 Å². The maximum atomic E-state index is 11.6. The second-order valence-corrected chi connectivity index (χ2v) is 4.85. The minimum atomic E-state index is 0.376. The summed E-state index contributed by atoms with van der Waals surface area (Å²) in [5.74, 6) is 0.853. The van der Waals surface area contributed by atoms with Crippen LogP contribution in [-0.2, 0) is 11.3 Å². The molecular formula is C14H19NO. The standard InChI is InChI=1S/C14H19NO/c1-11-8-14(16)10-15(12(11)2)9-13-6-4-3-5-7-13/h3-7,11-12H,8-10H2,1-2H3/t11-,12-/m1/s1. The number of piperidine rings is 1. The molecule has 0 spiro atoms. The minimum Gasteiger partial charge on any atom is -0.298 e. The third-order valence-corrected chi connectivity index (χ3v) is 3.56. The number of benzene rings is 1. The molecule has 1 aliphatic heterocycles. The van der Waals surface area contributed by atoms with Gasteiger partial charge in [0.25, 0.3) is 0 Å². The number of carbonyl (C=O) groups excluding carboxylic acids is 1. The summed E-state index contributed by atoms with van der Waals surface area (Å²) in [5.41, 5.74) is 1.29. The molecule has 2 heteroatoms. The second-order valence-electron chi connectivity index (χ2n) is 4.85. The van der Waals surface area contributed by atoms with Crippen molar-refractivity contribution in [3.63, 3.8) is 0 Å². The van der Waals surface area contributed by atoms with Crippen LogP contribution in [0.15, 0.2) is 30.3 Å². The fraction of sp³-hybridized carbons (Fsp3) is 0.500. The highest BCUT2D eigenvalue weighted by molar-refractivity contribution is 5.81. The van der Waals surface area contributed by atoms with Gasteiger partial charge in [0.05, 0.1) is 6.54 Å². The van der Waals surface area contributed by atoms with Gasteiger partial charge in [0.15, 0.2) is 0 Å². The lowest BCUT2D eigenvalue weighted by Gasteiger charge is -2.37. The quantitative estimate of drug-likeness (QED) is 0.758. The van der Waals surface area contributed by atoms with E-state index in [2.05, 4.69) is 43.0 Å². The van der Waals surface area contributed by atoms with E-state index in [0.29, 0.717) is 24.3 Å². The van der Waals surface area contributed by atoms with E-state index in [-0.39, 0.29) is 0 Å². The van der Waals surface area contributed by atoms with Crippen LogP contribution < -0.4 is 0 Å². The van der Waals surface area contributed by atoms with E-state index in [4.69, 9.17) is 0 Å². The average Bonchev–Trinajstić information content (AvgIpc) is 2.27. The van der Waals surface area contributed by atoms with Crippen molar-refractivity contribution in [2.24, 2.45) is 5.92 Å². The molecule has 1 aromatic carbocycles. The van der Waals surface area contributed by atoms with Crippen LogP contribution in [0.4, 0.5) is 0 Å². The van der Waals surface area contributed by atoms with Crippen molar-refractivity contribution in [3.05, 3.63) is 35.9 Å². The van der Waals surface area contributed by atoms with Crippen molar-refractivity contribution in [2.75, 3.05) is 6.54 Å². The zero-order valence-electron chi connectivity index (χ0n) is 10.0.